The second kappa shape index (κ2) is 8.90. The summed E-state index contributed by atoms with van der Waals surface area (Å²) in [5.41, 5.74) is 0.107. The quantitative estimate of drug-likeness (QED) is 0.604. The van der Waals surface area contributed by atoms with Crippen LogP contribution in [0.4, 0.5) is 14.5 Å². The molecule has 6 nitrogen and oxygen atoms in total. The second-order valence-electron chi connectivity index (χ2n) is 5.53. The van der Waals surface area contributed by atoms with Crippen LogP contribution in [-0.2, 0) is 6.61 Å². The van der Waals surface area contributed by atoms with Gasteiger partial charge in [0.25, 0.3) is 5.91 Å². The highest BCUT2D eigenvalue weighted by Gasteiger charge is 2.16. The van der Waals surface area contributed by atoms with Gasteiger partial charge in [-0.15, -0.1) is 0 Å². The summed E-state index contributed by atoms with van der Waals surface area (Å²) in [7, 11) is 1.53. The maximum atomic E-state index is 12.5. The van der Waals surface area contributed by atoms with Gasteiger partial charge in [0, 0.05) is 0 Å². The lowest BCUT2D eigenvalue weighted by molar-refractivity contribution is -0.0493. The number of methoxy groups -OCH3 is 1. The van der Waals surface area contributed by atoms with Crippen molar-refractivity contribution < 1.29 is 32.2 Å². The molecule has 1 N–H and O–H groups in total. The molecule has 28 heavy (non-hydrogen) atoms. The molecule has 0 spiro atoms. The number of hydrogen-bond donors (Lipinski definition) is 1. The van der Waals surface area contributed by atoms with Crippen LogP contribution in [0.1, 0.15) is 16.3 Å². The van der Waals surface area contributed by atoms with E-state index in [1.807, 2.05) is 6.07 Å². The molecule has 0 radical (unpaired) electrons. The van der Waals surface area contributed by atoms with Crippen molar-refractivity contribution in [2.45, 2.75) is 13.2 Å². The van der Waals surface area contributed by atoms with E-state index >= 15 is 0 Å². The molecule has 0 unspecified atom stereocenters. The zero-order valence-corrected chi connectivity index (χ0v) is 14.9. The van der Waals surface area contributed by atoms with Gasteiger partial charge in [0.1, 0.15) is 18.1 Å². The maximum Gasteiger partial charge on any atom is 0.387 e. The number of amides is 1. The van der Waals surface area contributed by atoms with E-state index in [-0.39, 0.29) is 23.8 Å². The van der Waals surface area contributed by atoms with Crippen molar-refractivity contribution in [3.05, 3.63) is 72.2 Å². The molecule has 0 aliphatic rings. The van der Waals surface area contributed by atoms with Crippen LogP contribution in [0, 0.1) is 0 Å². The average Bonchev–Trinajstić information content (AvgIpc) is 3.17. The minimum absolute atomic E-state index is 0.00507. The Balaban J connectivity index is 1.65. The molecule has 0 aliphatic carbocycles. The number of halogens is 2. The maximum absolute atomic E-state index is 12.5. The molecule has 2 aromatic carbocycles. The number of anilines is 1. The highest BCUT2D eigenvalue weighted by molar-refractivity contribution is 6.03. The number of rotatable bonds is 8. The molecule has 0 bridgehead atoms. The summed E-state index contributed by atoms with van der Waals surface area (Å²) in [5, 5.41) is 2.49. The second-order valence-corrected chi connectivity index (χ2v) is 5.53. The van der Waals surface area contributed by atoms with Crippen LogP contribution >= 0.6 is 0 Å². The monoisotopic (exact) mass is 389 g/mol. The molecule has 0 saturated heterocycles. The molecule has 0 aliphatic heterocycles. The number of furan rings is 1. The predicted molar refractivity (Wildman–Crippen MR) is 97.1 cm³/mol. The number of benzene rings is 2. The largest absolute Gasteiger partial charge is 0.493 e. The van der Waals surface area contributed by atoms with Crippen LogP contribution in [-0.4, -0.2) is 19.6 Å². The van der Waals surface area contributed by atoms with Crippen molar-refractivity contribution in [3.8, 4) is 17.2 Å². The normalized spacial score (nSPS) is 10.6. The topological polar surface area (TPSA) is 69.9 Å². The molecule has 1 amide bonds. The van der Waals surface area contributed by atoms with E-state index in [1.165, 1.54) is 31.4 Å². The SMILES string of the molecule is COc1ccccc1OCc1ccc(C(=O)Nc2ccccc2OC(F)F)o1. The zero-order valence-electron chi connectivity index (χ0n) is 14.9. The Labute approximate surface area is 159 Å². The number of carbonyl (C=O) groups excluding carboxylic acids is 1. The summed E-state index contributed by atoms with van der Waals surface area (Å²) in [6, 6.07) is 16.1. The fraction of sp³-hybridized carbons (Fsp3) is 0.150. The molecule has 0 atom stereocenters. The average molecular weight is 389 g/mol. The van der Waals surface area contributed by atoms with Gasteiger partial charge in [-0.1, -0.05) is 24.3 Å². The van der Waals surface area contributed by atoms with E-state index in [0.29, 0.717) is 17.3 Å². The van der Waals surface area contributed by atoms with Crippen molar-refractivity contribution in [1.29, 1.82) is 0 Å². The molecule has 8 heteroatoms. The number of hydrogen-bond acceptors (Lipinski definition) is 5. The smallest absolute Gasteiger partial charge is 0.387 e. The van der Waals surface area contributed by atoms with Crippen molar-refractivity contribution in [1.82, 2.24) is 0 Å². The third-order valence-electron chi connectivity index (χ3n) is 3.68. The minimum Gasteiger partial charge on any atom is -0.493 e. The first-order valence-corrected chi connectivity index (χ1v) is 8.26. The van der Waals surface area contributed by atoms with Gasteiger partial charge in [-0.05, 0) is 36.4 Å². The van der Waals surface area contributed by atoms with Gasteiger partial charge in [0.2, 0.25) is 0 Å². The summed E-state index contributed by atoms with van der Waals surface area (Å²) in [5.74, 6) is 0.776. The van der Waals surface area contributed by atoms with Crippen LogP contribution in [0.15, 0.2) is 65.1 Å². The molecule has 3 aromatic rings. The van der Waals surface area contributed by atoms with Gasteiger partial charge in [-0.2, -0.15) is 8.78 Å². The van der Waals surface area contributed by atoms with E-state index in [1.54, 1.807) is 30.3 Å². The Morgan fingerprint density at radius 3 is 2.39 bits per heavy atom. The van der Waals surface area contributed by atoms with Crippen molar-refractivity contribution in [2.24, 2.45) is 0 Å². The molecule has 0 saturated carbocycles. The number of ether oxygens (including phenoxy) is 3. The first-order chi connectivity index (χ1) is 13.6. The van der Waals surface area contributed by atoms with Gasteiger partial charge in [-0.25, -0.2) is 0 Å². The van der Waals surface area contributed by atoms with E-state index in [0.717, 1.165) is 0 Å². The van der Waals surface area contributed by atoms with E-state index in [4.69, 9.17) is 13.9 Å². The third-order valence-corrected chi connectivity index (χ3v) is 3.68. The van der Waals surface area contributed by atoms with Crippen molar-refractivity contribution in [2.75, 3.05) is 12.4 Å². The van der Waals surface area contributed by atoms with Gasteiger partial charge < -0.3 is 23.9 Å². The van der Waals surface area contributed by atoms with Crippen molar-refractivity contribution >= 4 is 11.6 Å². The molecule has 3 rings (SSSR count). The highest BCUT2D eigenvalue weighted by Crippen LogP contribution is 2.28. The van der Waals surface area contributed by atoms with E-state index < -0.39 is 12.5 Å². The van der Waals surface area contributed by atoms with Crippen LogP contribution in [0.5, 0.6) is 17.2 Å². The van der Waals surface area contributed by atoms with E-state index in [9.17, 15) is 13.6 Å². The Hall–Kier alpha value is -3.55. The lowest BCUT2D eigenvalue weighted by Gasteiger charge is -2.11. The van der Waals surface area contributed by atoms with Gasteiger partial charge in [-0.3, -0.25) is 4.79 Å². The fourth-order valence-electron chi connectivity index (χ4n) is 2.42. The first kappa shape index (κ1) is 19.2. The predicted octanol–water partition coefficient (Wildman–Crippen LogP) is 4.72. The summed E-state index contributed by atoms with van der Waals surface area (Å²) >= 11 is 0. The lowest BCUT2D eigenvalue weighted by atomic mass is 10.3. The van der Waals surface area contributed by atoms with Crippen LogP contribution in [0.2, 0.25) is 0 Å². The Morgan fingerprint density at radius 1 is 1.00 bits per heavy atom. The molecule has 0 fully saturated rings. The Kier molecular flexibility index (Phi) is 6.11. The van der Waals surface area contributed by atoms with Crippen LogP contribution < -0.4 is 19.5 Å². The molecular weight excluding hydrogens is 372 g/mol. The van der Waals surface area contributed by atoms with Gasteiger partial charge >= 0.3 is 6.61 Å². The summed E-state index contributed by atoms with van der Waals surface area (Å²) in [6.07, 6.45) is 0. The third kappa shape index (κ3) is 4.79. The lowest BCUT2D eigenvalue weighted by Crippen LogP contribution is -2.13. The fourth-order valence-corrected chi connectivity index (χ4v) is 2.42. The zero-order chi connectivity index (χ0) is 19.9. The summed E-state index contributed by atoms with van der Waals surface area (Å²) < 4.78 is 45.6. The van der Waals surface area contributed by atoms with Crippen LogP contribution in [0.25, 0.3) is 0 Å². The Morgan fingerprint density at radius 2 is 1.68 bits per heavy atom. The van der Waals surface area contributed by atoms with Gasteiger partial charge in [0.05, 0.1) is 12.8 Å². The van der Waals surface area contributed by atoms with Gasteiger partial charge in [0.15, 0.2) is 17.3 Å². The molecule has 146 valence electrons. The van der Waals surface area contributed by atoms with Crippen LogP contribution in [0.3, 0.4) is 0 Å². The minimum atomic E-state index is -3.00. The van der Waals surface area contributed by atoms with E-state index in [2.05, 4.69) is 10.1 Å². The molecule has 1 aromatic heterocycles. The standard InChI is InChI=1S/C20H17F2NO5/c1-25-16-8-4-5-9-17(16)26-12-13-10-11-18(27-13)19(24)23-14-6-2-3-7-15(14)28-20(21)22/h2-11,20H,12H2,1H3,(H,23,24). The number of nitrogens with one attached hydrogen (secondary N) is 1. The molecular formula is C20H17F2NO5. The highest BCUT2D eigenvalue weighted by atomic mass is 19.3. The summed E-state index contributed by atoms with van der Waals surface area (Å²) in [4.78, 5) is 12.3. The van der Waals surface area contributed by atoms with Crippen molar-refractivity contribution in [3.63, 3.8) is 0 Å². The molecule has 1 heterocycles. The number of para-hydroxylation sites is 4. The number of carbonyl (C=O) groups is 1. The number of alkyl halides is 2. The Bertz CT molecular complexity index is 942. The first-order valence-electron chi connectivity index (χ1n) is 8.26. The summed E-state index contributed by atoms with van der Waals surface area (Å²) in [6.45, 7) is -2.92.